The number of dihydropyridines is 1. The fourth-order valence-corrected chi connectivity index (χ4v) is 3.30. The monoisotopic (exact) mass is 292 g/mol. The summed E-state index contributed by atoms with van der Waals surface area (Å²) in [5.41, 5.74) is 4.36. The van der Waals surface area contributed by atoms with Crippen molar-refractivity contribution in [2.24, 2.45) is 16.8 Å². The fourth-order valence-electron chi connectivity index (χ4n) is 3.30. The number of hydrogen-bond acceptors (Lipinski definition) is 2. The second kappa shape index (κ2) is 7.35. The van der Waals surface area contributed by atoms with Crippen molar-refractivity contribution in [2.45, 2.75) is 32.6 Å². The summed E-state index contributed by atoms with van der Waals surface area (Å²) in [6.07, 6.45) is 19.7. The van der Waals surface area contributed by atoms with Crippen molar-refractivity contribution in [3.8, 4) is 0 Å². The van der Waals surface area contributed by atoms with Crippen molar-refractivity contribution in [1.29, 1.82) is 0 Å². The SMILES string of the molecule is CC1/C(=C/CC2C=CC=NC2)CCC/C1=C\c1cccnc1. The molecule has 0 N–H and O–H groups in total. The molecule has 0 radical (unpaired) electrons. The van der Waals surface area contributed by atoms with Gasteiger partial charge >= 0.3 is 0 Å². The van der Waals surface area contributed by atoms with Crippen LogP contribution in [0.2, 0.25) is 0 Å². The van der Waals surface area contributed by atoms with Crippen LogP contribution in [-0.2, 0) is 0 Å². The van der Waals surface area contributed by atoms with Gasteiger partial charge in [0.05, 0.1) is 0 Å². The normalized spacial score (nSPS) is 28.4. The van der Waals surface area contributed by atoms with Crippen molar-refractivity contribution >= 4 is 12.3 Å². The second-order valence-electron chi connectivity index (χ2n) is 6.25. The Morgan fingerprint density at radius 1 is 1.27 bits per heavy atom. The maximum atomic E-state index is 4.35. The number of allylic oxidation sites excluding steroid dienone is 4. The fraction of sp³-hybridized carbons (Fsp3) is 0.400. The molecule has 22 heavy (non-hydrogen) atoms. The quantitative estimate of drug-likeness (QED) is 0.730. The molecule has 114 valence electrons. The summed E-state index contributed by atoms with van der Waals surface area (Å²) in [7, 11) is 0. The maximum absolute atomic E-state index is 4.35. The smallest absolute Gasteiger partial charge is 0.0455 e. The largest absolute Gasteiger partial charge is 0.293 e. The van der Waals surface area contributed by atoms with Gasteiger partial charge in [-0.2, -0.15) is 0 Å². The molecule has 2 aliphatic rings. The zero-order valence-corrected chi connectivity index (χ0v) is 13.3. The first-order chi connectivity index (χ1) is 10.8. The first-order valence-electron chi connectivity index (χ1n) is 8.29. The number of nitrogens with zero attached hydrogens (tertiary/aromatic N) is 2. The van der Waals surface area contributed by atoms with Gasteiger partial charge in [-0.15, -0.1) is 0 Å². The zero-order chi connectivity index (χ0) is 15.2. The van der Waals surface area contributed by atoms with Crippen LogP contribution in [-0.4, -0.2) is 17.7 Å². The molecule has 0 saturated heterocycles. The van der Waals surface area contributed by atoms with Crippen LogP contribution in [0.4, 0.5) is 0 Å². The molecule has 1 aromatic rings. The van der Waals surface area contributed by atoms with Crippen LogP contribution in [0.5, 0.6) is 0 Å². The lowest BCUT2D eigenvalue weighted by molar-refractivity contribution is 0.593. The van der Waals surface area contributed by atoms with Gasteiger partial charge in [0.1, 0.15) is 0 Å². The third-order valence-corrected chi connectivity index (χ3v) is 4.68. The van der Waals surface area contributed by atoms with Crippen LogP contribution in [0, 0.1) is 11.8 Å². The van der Waals surface area contributed by atoms with Crippen LogP contribution in [0.25, 0.3) is 6.08 Å². The van der Waals surface area contributed by atoms with Crippen molar-refractivity contribution in [3.63, 3.8) is 0 Å². The molecule has 0 aromatic carbocycles. The highest BCUT2D eigenvalue weighted by Crippen LogP contribution is 2.35. The molecule has 2 nitrogen and oxygen atoms in total. The predicted octanol–water partition coefficient (Wildman–Crippen LogP) is 4.86. The minimum Gasteiger partial charge on any atom is -0.293 e. The number of rotatable bonds is 3. The average Bonchev–Trinajstić information content (AvgIpc) is 2.58. The zero-order valence-electron chi connectivity index (χ0n) is 13.3. The Morgan fingerprint density at radius 2 is 2.18 bits per heavy atom. The van der Waals surface area contributed by atoms with E-state index < -0.39 is 0 Å². The minimum atomic E-state index is 0.560. The summed E-state index contributed by atoms with van der Waals surface area (Å²) < 4.78 is 0. The number of pyridine rings is 1. The van der Waals surface area contributed by atoms with E-state index >= 15 is 0 Å². The molecule has 0 spiro atoms. The lowest BCUT2D eigenvalue weighted by Crippen LogP contribution is -2.11. The Kier molecular flexibility index (Phi) is 4.99. The van der Waals surface area contributed by atoms with Crippen LogP contribution in [0.15, 0.2) is 58.9 Å². The molecule has 2 unspecified atom stereocenters. The van der Waals surface area contributed by atoms with E-state index in [0.29, 0.717) is 11.8 Å². The summed E-state index contributed by atoms with van der Waals surface area (Å²) in [6.45, 7) is 3.29. The lowest BCUT2D eigenvalue weighted by atomic mass is 9.79. The Balaban J connectivity index is 1.69. The van der Waals surface area contributed by atoms with E-state index in [-0.39, 0.29) is 0 Å². The second-order valence-corrected chi connectivity index (χ2v) is 6.25. The third-order valence-electron chi connectivity index (χ3n) is 4.68. The van der Waals surface area contributed by atoms with E-state index in [0.717, 1.165) is 13.0 Å². The van der Waals surface area contributed by atoms with Crippen molar-refractivity contribution in [1.82, 2.24) is 4.98 Å². The van der Waals surface area contributed by atoms with Crippen LogP contribution in [0.3, 0.4) is 0 Å². The van der Waals surface area contributed by atoms with E-state index in [1.807, 2.05) is 24.7 Å². The highest BCUT2D eigenvalue weighted by molar-refractivity contribution is 5.71. The van der Waals surface area contributed by atoms with Crippen LogP contribution >= 0.6 is 0 Å². The molecule has 1 aliphatic carbocycles. The van der Waals surface area contributed by atoms with Crippen molar-refractivity contribution < 1.29 is 0 Å². The van der Waals surface area contributed by atoms with Gasteiger partial charge in [-0.1, -0.05) is 42.4 Å². The minimum absolute atomic E-state index is 0.560. The van der Waals surface area contributed by atoms with Gasteiger partial charge in [0.15, 0.2) is 0 Å². The molecular formula is C20H24N2. The standard InChI is InChI=1S/C20H24N2/c1-16-19(10-9-17-5-3-11-21-14-17)7-2-8-20(16)13-18-6-4-12-22-15-18/h3-6,10-13,15-17H,2,7-9,14H2,1H3/b19-10+,20-13+. The molecule has 2 heterocycles. The molecule has 1 aromatic heterocycles. The Morgan fingerprint density at radius 3 is 2.95 bits per heavy atom. The molecule has 0 amide bonds. The van der Waals surface area contributed by atoms with Gasteiger partial charge in [0, 0.05) is 31.1 Å². The van der Waals surface area contributed by atoms with Crippen LogP contribution < -0.4 is 0 Å². The van der Waals surface area contributed by atoms with E-state index in [1.54, 1.807) is 11.1 Å². The van der Waals surface area contributed by atoms with Gasteiger partial charge in [0.2, 0.25) is 0 Å². The molecule has 1 aliphatic heterocycles. The van der Waals surface area contributed by atoms with E-state index in [2.05, 4.69) is 47.3 Å². The van der Waals surface area contributed by atoms with Crippen molar-refractivity contribution in [3.05, 3.63) is 59.5 Å². The lowest BCUT2D eigenvalue weighted by Gasteiger charge is -2.26. The van der Waals surface area contributed by atoms with Crippen LogP contribution in [0.1, 0.15) is 38.2 Å². The maximum Gasteiger partial charge on any atom is 0.0455 e. The van der Waals surface area contributed by atoms with Gasteiger partial charge in [-0.3, -0.25) is 9.98 Å². The number of aromatic nitrogens is 1. The molecule has 2 atom stereocenters. The summed E-state index contributed by atoms with van der Waals surface area (Å²) >= 11 is 0. The molecule has 1 fully saturated rings. The summed E-state index contributed by atoms with van der Waals surface area (Å²) in [5.74, 6) is 1.14. The number of aliphatic imine (C=N–C) groups is 1. The highest BCUT2D eigenvalue weighted by atomic mass is 14.7. The summed E-state index contributed by atoms with van der Waals surface area (Å²) in [6, 6.07) is 4.14. The number of hydrogen-bond donors (Lipinski definition) is 0. The molecule has 2 heteroatoms. The highest BCUT2D eigenvalue weighted by Gasteiger charge is 2.19. The molecule has 3 rings (SSSR count). The Labute approximate surface area is 133 Å². The first-order valence-corrected chi connectivity index (χ1v) is 8.29. The van der Waals surface area contributed by atoms with E-state index in [4.69, 9.17) is 0 Å². The Bertz CT molecular complexity index is 608. The van der Waals surface area contributed by atoms with E-state index in [1.165, 1.54) is 24.8 Å². The molecule has 1 saturated carbocycles. The van der Waals surface area contributed by atoms with Gasteiger partial charge in [-0.05, 0) is 49.3 Å². The average molecular weight is 292 g/mol. The molecular weight excluding hydrogens is 268 g/mol. The van der Waals surface area contributed by atoms with Gasteiger partial charge in [0.25, 0.3) is 0 Å². The van der Waals surface area contributed by atoms with Gasteiger partial charge < -0.3 is 0 Å². The summed E-state index contributed by atoms with van der Waals surface area (Å²) in [4.78, 5) is 8.56. The first kappa shape index (κ1) is 15.0. The predicted molar refractivity (Wildman–Crippen MR) is 93.9 cm³/mol. The third kappa shape index (κ3) is 3.82. The van der Waals surface area contributed by atoms with Crippen molar-refractivity contribution in [2.75, 3.05) is 6.54 Å². The van der Waals surface area contributed by atoms with E-state index in [9.17, 15) is 0 Å². The summed E-state index contributed by atoms with van der Waals surface area (Å²) in [5, 5.41) is 0. The van der Waals surface area contributed by atoms with Gasteiger partial charge in [-0.25, -0.2) is 0 Å². The Hall–Kier alpha value is -1.96. The molecule has 0 bridgehead atoms. The topological polar surface area (TPSA) is 25.2 Å².